The summed E-state index contributed by atoms with van der Waals surface area (Å²) in [6.07, 6.45) is 0.433. The van der Waals surface area contributed by atoms with Crippen LogP contribution in [0, 0.1) is 11.7 Å². The van der Waals surface area contributed by atoms with Crippen LogP contribution in [0.5, 0.6) is 5.75 Å². The second-order valence-electron chi connectivity index (χ2n) is 7.38. The Morgan fingerprint density at radius 2 is 1.90 bits per heavy atom. The maximum Gasteiger partial charge on any atom is 0.227 e. The zero-order valence-electron chi connectivity index (χ0n) is 17.6. The van der Waals surface area contributed by atoms with Gasteiger partial charge >= 0.3 is 0 Å². The second kappa shape index (κ2) is 11.6. The van der Waals surface area contributed by atoms with Gasteiger partial charge in [0, 0.05) is 26.2 Å². The van der Waals surface area contributed by atoms with Crippen LogP contribution in [0.25, 0.3) is 0 Å². The summed E-state index contributed by atoms with van der Waals surface area (Å²) in [5.74, 6) is 0.157. The van der Waals surface area contributed by atoms with Crippen molar-refractivity contribution in [2.75, 3.05) is 40.0 Å². The Hall–Kier alpha value is -2.71. The highest BCUT2D eigenvalue weighted by Gasteiger charge is 2.26. The number of methoxy groups -OCH3 is 1. The van der Waals surface area contributed by atoms with E-state index >= 15 is 0 Å². The number of carbonyl (C=O) groups is 1. The van der Waals surface area contributed by atoms with Crippen molar-refractivity contribution in [2.45, 2.75) is 13.0 Å². The molecule has 2 N–H and O–H groups in total. The number of halogens is 1. The molecule has 1 aliphatic heterocycles. The summed E-state index contributed by atoms with van der Waals surface area (Å²) in [6, 6.07) is 14.1. The molecule has 1 heterocycles. The lowest BCUT2D eigenvalue weighted by atomic mass is 9.97. The highest BCUT2D eigenvalue weighted by Crippen LogP contribution is 2.15. The van der Waals surface area contributed by atoms with Crippen LogP contribution in [0.4, 0.5) is 4.39 Å². The number of hydrogen-bond acceptors (Lipinski definition) is 4. The third-order valence-corrected chi connectivity index (χ3v) is 5.45. The van der Waals surface area contributed by atoms with E-state index in [0.29, 0.717) is 50.9 Å². The SMILES string of the molecule is COc1ccc(CNC(=S)NCC(Cc2cccc(F)c2)C(=O)N2CCOCC2)cc1. The maximum atomic E-state index is 13.6. The van der Waals surface area contributed by atoms with E-state index in [-0.39, 0.29) is 17.6 Å². The molecule has 8 heteroatoms. The van der Waals surface area contributed by atoms with Crippen molar-refractivity contribution in [3.05, 3.63) is 65.5 Å². The van der Waals surface area contributed by atoms with Crippen LogP contribution in [0.1, 0.15) is 11.1 Å². The number of nitrogens with zero attached hydrogens (tertiary/aromatic N) is 1. The zero-order chi connectivity index (χ0) is 22.1. The van der Waals surface area contributed by atoms with E-state index in [1.165, 1.54) is 12.1 Å². The second-order valence-corrected chi connectivity index (χ2v) is 7.79. The highest BCUT2D eigenvalue weighted by molar-refractivity contribution is 7.80. The van der Waals surface area contributed by atoms with Gasteiger partial charge in [-0.2, -0.15) is 0 Å². The Labute approximate surface area is 187 Å². The third kappa shape index (κ3) is 7.18. The fourth-order valence-corrected chi connectivity index (χ4v) is 3.60. The normalized spacial score (nSPS) is 14.6. The van der Waals surface area contributed by atoms with Crippen molar-refractivity contribution in [2.24, 2.45) is 5.92 Å². The summed E-state index contributed by atoms with van der Waals surface area (Å²) in [5, 5.41) is 6.78. The summed E-state index contributed by atoms with van der Waals surface area (Å²) in [5.41, 5.74) is 1.84. The summed E-state index contributed by atoms with van der Waals surface area (Å²) >= 11 is 5.40. The smallest absolute Gasteiger partial charge is 0.227 e. The molecule has 3 rings (SSSR count). The molecule has 0 bridgehead atoms. The van der Waals surface area contributed by atoms with E-state index in [1.807, 2.05) is 35.2 Å². The number of amides is 1. The van der Waals surface area contributed by atoms with Gasteiger partial charge in [0.1, 0.15) is 11.6 Å². The van der Waals surface area contributed by atoms with Gasteiger partial charge in [-0.1, -0.05) is 24.3 Å². The van der Waals surface area contributed by atoms with Crippen LogP contribution >= 0.6 is 12.2 Å². The van der Waals surface area contributed by atoms with Crippen molar-refractivity contribution in [1.29, 1.82) is 0 Å². The minimum absolute atomic E-state index is 0.0259. The van der Waals surface area contributed by atoms with E-state index in [9.17, 15) is 9.18 Å². The molecule has 1 aliphatic rings. The van der Waals surface area contributed by atoms with E-state index in [2.05, 4.69) is 10.6 Å². The van der Waals surface area contributed by atoms with Crippen molar-refractivity contribution >= 4 is 23.2 Å². The first-order valence-corrected chi connectivity index (χ1v) is 10.7. The number of ether oxygens (including phenoxy) is 2. The van der Waals surface area contributed by atoms with Crippen molar-refractivity contribution in [1.82, 2.24) is 15.5 Å². The van der Waals surface area contributed by atoms with Crippen LogP contribution in [-0.2, 0) is 22.5 Å². The van der Waals surface area contributed by atoms with E-state index < -0.39 is 0 Å². The molecule has 1 fully saturated rings. The lowest BCUT2D eigenvalue weighted by molar-refractivity contribution is -0.139. The number of thiocarbonyl (C=S) groups is 1. The van der Waals surface area contributed by atoms with Gasteiger partial charge in [-0.15, -0.1) is 0 Å². The van der Waals surface area contributed by atoms with Crippen LogP contribution in [-0.4, -0.2) is 55.9 Å². The van der Waals surface area contributed by atoms with Crippen molar-refractivity contribution in [3.8, 4) is 5.75 Å². The number of nitrogens with one attached hydrogen (secondary N) is 2. The predicted octanol–water partition coefficient (Wildman–Crippen LogP) is 2.52. The average molecular weight is 446 g/mol. The molecule has 0 saturated carbocycles. The molecule has 31 heavy (non-hydrogen) atoms. The molecule has 1 atom stereocenters. The first kappa shape index (κ1) is 23.0. The van der Waals surface area contributed by atoms with E-state index in [0.717, 1.165) is 16.9 Å². The molecule has 1 unspecified atom stereocenters. The van der Waals surface area contributed by atoms with Gasteiger partial charge in [0.25, 0.3) is 0 Å². The van der Waals surface area contributed by atoms with Gasteiger partial charge in [-0.3, -0.25) is 4.79 Å². The van der Waals surface area contributed by atoms with Gasteiger partial charge in [0.05, 0.1) is 26.2 Å². The lowest BCUT2D eigenvalue weighted by Gasteiger charge is -2.31. The Morgan fingerprint density at radius 1 is 1.16 bits per heavy atom. The fraction of sp³-hybridized carbons (Fsp3) is 0.391. The topological polar surface area (TPSA) is 62.8 Å². The molecule has 0 aliphatic carbocycles. The minimum atomic E-state index is -0.361. The quantitative estimate of drug-likeness (QED) is 0.609. The van der Waals surface area contributed by atoms with E-state index in [4.69, 9.17) is 21.7 Å². The number of morpholine rings is 1. The summed E-state index contributed by atoms with van der Waals surface area (Å²) in [7, 11) is 1.63. The number of carbonyl (C=O) groups excluding carboxylic acids is 1. The average Bonchev–Trinajstić information content (AvgIpc) is 2.81. The van der Waals surface area contributed by atoms with Gasteiger partial charge in [0.15, 0.2) is 5.11 Å². The lowest BCUT2D eigenvalue weighted by Crippen LogP contribution is -2.48. The van der Waals surface area contributed by atoms with Gasteiger partial charge in [0.2, 0.25) is 5.91 Å². The number of rotatable bonds is 8. The molecule has 1 amide bonds. The summed E-state index contributed by atoms with van der Waals surface area (Å²) in [6.45, 7) is 3.13. The Morgan fingerprint density at radius 3 is 2.58 bits per heavy atom. The summed E-state index contributed by atoms with van der Waals surface area (Å²) < 4.78 is 24.1. The largest absolute Gasteiger partial charge is 0.497 e. The van der Waals surface area contributed by atoms with Crippen LogP contribution in [0.15, 0.2) is 48.5 Å². The monoisotopic (exact) mass is 445 g/mol. The number of benzene rings is 2. The molecule has 166 valence electrons. The summed E-state index contributed by atoms with van der Waals surface area (Å²) in [4.78, 5) is 14.9. The molecule has 0 spiro atoms. The Balaban J connectivity index is 1.57. The van der Waals surface area contributed by atoms with Crippen molar-refractivity contribution in [3.63, 3.8) is 0 Å². The third-order valence-electron chi connectivity index (χ3n) is 5.16. The minimum Gasteiger partial charge on any atom is -0.497 e. The molecule has 0 aromatic heterocycles. The Bertz CT molecular complexity index is 873. The van der Waals surface area contributed by atoms with Crippen LogP contribution < -0.4 is 15.4 Å². The fourth-order valence-electron chi connectivity index (χ4n) is 3.44. The van der Waals surface area contributed by atoms with Gasteiger partial charge < -0.3 is 25.0 Å². The van der Waals surface area contributed by atoms with Crippen LogP contribution in [0.3, 0.4) is 0 Å². The van der Waals surface area contributed by atoms with Crippen LogP contribution in [0.2, 0.25) is 0 Å². The van der Waals surface area contributed by atoms with Gasteiger partial charge in [-0.05, 0) is 54.0 Å². The highest BCUT2D eigenvalue weighted by atomic mass is 32.1. The molecule has 2 aromatic carbocycles. The molecule has 2 aromatic rings. The molecular formula is C23H28FN3O3S. The van der Waals surface area contributed by atoms with Gasteiger partial charge in [-0.25, -0.2) is 4.39 Å². The standard InChI is InChI=1S/C23H28FN3O3S/c1-29-21-7-5-17(6-8-21)15-25-23(31)26-16-19(13-18-3-2-4-20(24)14-18)22(28)27-9-11-30-12-10-27/h2-8,14,19H,9-13,15-16H2,1H3,(H2,25,26,31). The number of hydrogen-bond donors (Lipinski definition) is 2. The maximum absolute atomic E-state index is 13.6. The Kier molecular flexibility index (Phi) is 8.61. The molecule has 6 nitrogen and oxygen atoms in total. The predicted molar refractivity (Wildman–Crippen MR) is 121 cm³/mol. The molecular weight excluding hydrogens is 417 g/mol. The molecule has 0 radical (unpaired) electrons. The first-order chi connectivity index (χ1) is 15.0. The molecule has 1 saturated heterocycles. The van der Waals surface area contributed by atoms with Crippen molar-refractivity contribution < 1.29 is 18.7 Å². The zero-order valence-corrected chi connectivity index (χ0v) is 18.4. The first-order valence-electron chi connectivity index (χ1n) is 10.3. The van der Waals surface area contributed by atoms with E-state index in [1.54, 1.807) is 13.2 Å².